The highest BCUT2D eigenvalue weighted by Crippen LogP contribution is 2.28. The van der Waals surface area contributed by atoms with Gasteiger partial charge in [0.25, 0.3) is 0 Å². The molecule has 158 valence electrons. The summed E-state index contributed by atoms with van der Waals surface area (Å²) < 4.78 is 0. The number of anilines is 1. The molecule has 2 amide bonds. The van der Waals surface area contributed by atoms with Gasteiger partial charge in [0.05, 0.1) is 5.92 Å². The first-order valence-electron chi connectivity index (χ1n) is 11.2. The molecule has 29 heavy (non-hydrogen) atoms. The first-order chi connectivity index (χ1) is 14.1. The van der Waals surface area contributed by atoms with Crippen molar-refractivity contribution in [2.45, 2.75) is 38.5 Å². The van der Waals surface area contributed by atoms with E-state index in [2.05, 4.69) is 51.6 Å². The van der Waals surface area contributed by atoms with Gasteiger partial charge in [-0.25, -0.2) is 0 Å². The monoisotopic (exact) mass is 398 g/mol. The lowest BCUT2D eigenvalue weighted by atomic mass is 9.85. The first kappa shape index (κ1) is 20.4. The number of imide groups is 1. The van der Waals surface area contributed by atoms with E-state index in [-0.39, 0.29) is 17.7 Å². The Kier molecular flexibility index (Phi) is 6.50. The Morgan fingerprint density at radius 2 is 1.69 bits per heavy atom. The highest BCUT2D eigenvalue weighted by Gasteiger charge is 2.28. The molecule has 2 N–H and O–H groups in total. The topological polar surface area (TPSA) is 64.7 Å². The van der Waals surface area contributed by atoms with Crippen LogP contribution < -0.4 is 15.5 Å². The average Bonchev–Trinajstić information content (AvgIpc) is 2.75. The standard InChI is InChI=1S/C23H34N4O2/c1-17(18-8-10-24-11-9-18)16-26-12-14-27(15-13-26)20-4-2-19(3-5-20)21-6-7-22(28)25-23(21)29/h2-5,17-18,21,24H,6-16H2,1H3,(H,25,28,29). The molecule has 2 atom stereocenters. The van der Waals surface area contributed by atoms with E-state index < -0.39 is 0 Å². The number of rotatable bonds is 5. The Morgan fingerprint density at radius 1 is 1.00 bits per heavy atom. The van der Waals surface area contributed by atoms with E-state index >= 15 is 0 Å². The lowest BCUT2D eigenvalue weighted by molar-refractivity contribution is -0.134. The maximum atomic E-state index is 12.1. The van der Waals surface area contributed by atoms with Crippen molar-refractivity contribution in [3.05, 3.63) is 29.8 Å². The van der Waals surface area contributed by atoms with Crippen LogP contribution in [0.3, 0.4) is 0 Å². The molecule has 0 aliphatic carbocycles. The molecule has 2 unspecified atom stereocenters. The second kappa shape index (κ2) is 9.26. The summed E-state index contributed by atoms with van der Waals surface area (Å²) >= 11 is 0. The molecule has 0 radical (unpaired) electrons. The minimum atomic E-state index is -0.199. The van der Waals surface area contributed by atoms with Crippen molar-refractivity contribution in [2.75, 3.05) is 50.7 Å². The molecule has 0 saturated carbocycles. The predicted octanol–water partition coefficient (Wildman–Crippen LogP) is 1.96. The number of carbonyl (C=O) groups excluding carboxylic acids is 2. The number of benzene rings is 1. The highest BCUT2D eigenvalue weighted by atomic mass is 16.2. The van der Waals surface area contributed by atoms with Gasteiger partial charge in [-0.2, -0.15) is 0 Å². The number of piperidine rings is 2. The summed E-state index contributed by atoms with van der Waals surface area (Å²) in [5.74, 6) is 1.13. The zero-order valence-electron chi connectivity index (χ0n) is 17.5. The number of carbonyl (C=O) groups is 2. The second-order valence-corrected chi connectivity index (χ2v) is 8.95. The molecule has 6 heteroatoms. The van der Waals surface area contributed by atoms with E-state index in [1.54, 1.807) is 0 Å². The summed E-state index contributed by atoms with van der Waals surface area (Å²) in [5, 5.41) is 5.92. The Bertz CT molecular complexity index is 706. The molecule has 4 rings (SSSR count). The molecular formula is C23H34N4O2. The quantitative estimate of drug-likeness (QED) is 0.743. The van der Waals surface area contributed by atoms with Crippen LogP contribution in [0.2, 0.25) is 0 Å². The number of hydrogen-bond acceptors (Lipinski definition) is 5. The third-order valence-electron chi connectivity index (χ3n) is 7.01. The van der Waals surface area contributed by atoms with Gasteiger partial charge in [0.2, 0.25) is 11.8 Å². The smallest absolute Gasteiger partial charge is 0.234 e. The van der Waals surface area contributed by atoms with E-state index in [0.717, 1.165) is 43.6 Å². The van der Waals surface area contributed by atoms with Crippen LogP contribution in [0, 0.1) is 11.8 Å². The SMILES string of the molecule is CC(CN1CCN(c2ccc(C3CCC(=O)NC3=O)cc2)CC1)C1CCNCC1. The number of piperazine rings is 1. The third-order valence-corrected chi connectivity index (χ3v) is 7.01. The van der Waals surface area contributed by atoms with Gasteiger partial charge in [-0.3, -0.25) is 19.8 Å². The Balaban J connectivity index is 1.27. The normalized spacial score (nSPS) is 25.7. The second-order valence-electron chi connectivity index (χ2n) is 8.95. The van der Waals surface area contributed by atoms with E-state index in [9.17, 15) is 9.59 Å². The number of nitrogens with one attached hydrogen (secondary N) is 2. The minimum Gasteiger partial charge on any atom is -0.369 e. The van der Waals surface area contributed by atoms with Gasteiger partial charge in [-0.05, 0) is 61.9 Å². The molecule has 0 bridgehead atoms. The summed E-state index contributed by atoms with van der Waals surface area (Å²) in [6.45, 7) is 10.3. The minimum absolute atomic E-state index is 0.157. The Morgan fingerprint density at radius 3 is 2.34 bits per heavy atom. The maximum absolute atomic E-state index is 12.1. The van der Waals surface area contributed by atoms with Gasteiger partial charge >= 0.3 is 0 Å². The molecule has 6 nitrogen and oxygen atoms in total. The van der Waals surface area contributed by atoms with Crippen LogP contribution in [0.1, 0.15) is 44.1 Å². The van der Waals surface area contributed by atoms with Gasteiger partial charge in [-0.15, -0.1) is 0 Å². The lowest BCUT2D eigenvalue weighted by Gasteiger charge is -2.39. The van der Waals surface area contributed by atoms with E-state index in [1.165, 1.54) is 38.2 Å². The van der Waals surface area contributed by atoms with Crippen molar-refractivity contribution in [1.29, 1.82) is 0 Å². The van der Waals surface area contributed by atoms with Crippen molar-refractivity contribution in [2.24, 2.45) is 11.8 Å². The fourth-order valence-corrected chi connectivity index (χ4v) is 5.09. The maximum Gasteiger partial charge on any atom is 0.234 e. The molecule has 3 fully saturated rings. The van der Waals surface area contributed by atoms with Crippen LogP contribution in [0.5, 0.6) is 0 Å². The van der Waals surface area contributed by atoms with Crippen molar-refractivity contribution in [3.8, 4) is 0 Å². The van der Waals surface area contributed by atoms with Gasteiger partial charge in [0.15, 0.2) is 0 Å². The van der Waals surface area contributed by atoms with Crippen LogP contribution in [-0.4, -0.2) is 62.5 Å². The van der Waals surface area contributed by atoms with Crippen LogP contribution in [-0.2, 0) is 9.59 Å². The fourth-order valence-electron chi connectivity index (χ4n) is 5.09. The van der Waals surface area contributed by atoms with Crippen molar-refractivity contribution in [1.82, 2.24) is 15.5 Å². The summed E-state index contributed by atoms with van der Waals surface area (Å²) in [6, 6.07) is 8.38. The predicted molar refractivity (Wildman–Crippen MR) is 115 cm³/mol. The highest BCUT2D eigenvalue weighted by molar-refractivity contribution is 6.00. The molecule has 1 aromatic carbocycles. The van der Waals surface area contributed by atoms with Gasteiger partial charge in [-0.1, -0.05) is 19.1 Å². The number of nitrogens with zero attached hydrogens (tertiary/aromatic N) is 2. The molecule has 3 aliphatic rings. The molecule has 1 aromatic rings. The first-order valence-corrected chi connectivity index (χ1v) is 11.2. The molecule has 0 spiro atoms. The summed E-state index contributed by atoms with van der Waals surface area (Å²) in [4.78, 5) is 28.5. The third kappa shape index (κ3) is 4.98. The Labute approximate surface area is 174 Å². The van der Waals surface area contributed by atoms with Gasteiger partial charge in [0.1, 0.15) is 0 Å². The molecular weight excluding hydrogens is 364 g/mol. The van der Waals surface area contributed by atoms with Crippen LogP contribution in [0.25, 0.3) is 0 Å². The zero-order valence-corrected chi connectivity index (χ0v) is 17.5. The van der Waals surface area contributed by atoms with Gasteiger partial charge < -0.3 is 10.2 Å². The van der Waals surface area contributed by atoms with E-state index in [4.69, 9.17) is 0 Å². The van der Waals surface area contributed by atoms with Gasteiger partial charge in [0, 0.05) is 44.8 Å². The van der Waals surface area contributed by atoms with Crippen LogP contribution in [0.15, 0.2) is 24.3 Å². The van der Waals surface area contributed by atoms with Crippen molar-refractivity contribution >= 4 is 17.5 Å². The van der Waals surface area contributed by atoms with E-state index in [1.807, 2.05) is 0 Å². The number of hydrogen-bond donors (Lipinski definition) is 2. The fraction of sp³-hybridized carbons (Fsp3) is 0.652. The van der Waals surface area contributed by atoms with Crippen molar-refractivity contribution < 1.29 is 9.59 Å². The summed E-state index contributed by atoms with van der Waals surface area (Å²) in [6.07, 6.45) is 3.68. The molecule has 0 aromatic heterocycles. The molecule has 3 aliphatic heterocycles. The molecule has 3 heterocycles. The number of amides is 2. The summed E-state index contributed by atoms with van der Waals surface area (Å²) in [7, 11) is 0. The van der Waals surface area contributed by atoms with Crippen LogP contribution >= 0.6 is 0 Å². The lowest BCUT2D eigenvalue weighted by Crippen LogP contribution is -2.48. The van der Waals surface area contributed by atoms with Crippen molar-refractivity contribution in [3.63, 3.8) is 0 Å². The van der Waals surface area contributed by atoms with Crippen LogP contribution in [0.4, 0.5) is 5.69 Å². The summed E-state index contributed by atoms with van der Waals surface area (Å²) in [5.41, 5.74) is 2.24. The van der Waals surface area contributed by atoms with E-state index in [0.29, 0.717) is 12.8 Å². The largest absolute Gasteiger partial charge is 0.369 e. The molecule has 3 saturated heterocycles. The average molecular weight is 399 g/mol. The Hall–Kier alpha value is -1.92. The zero-order chi connectivity index (χ0) is 20.2.